The molecule has 2 rings (SSSR count). The fraction of sp³-hybridized carbons (Fsp3) is 0.357. The number of aromatic nitrogens is 1. The predicted molar refractivity (Wildman–Crippen MR) is 77.4 cm³/mol. The Kier molecular flexibility index (Phi) is 4.72. The number of nitrogens with two attached hydrogens (primary N) is 2. The molecule has 0 saturated carbocycles. The van der Waals surface area contributed by atoms with Crippen LogP contribution < -0.4 is 16.8 Å². The lowest BCUT2D eigenvalue weighted by Gasteiger charge is -2.17. The maximum atomic E-state index is 12.8. The standard InChI is InChI=1S/C14H17F3N4O/c15-14(16,17)8-21-11-4-2-1-3-9(11)5-12(21)13(22)20-10(6-18)7-19/h1-5,10H,6-8,18-19H2,(H,20,22). The third-order valence-corrected chi connectivity index (χ3v) is 3.28. The van der Waals surface area contributed by atoms with E-state index in [0.717, 1.165) is 4.57 Å². The van der Waals surface area contributed by atoms with Crippen LogP contribution in [0.2, 0.25) is 0 Å². The minimum absolute atomic E-state index is 0.0644. The molecule has 120 valence electrons. The number of nitrogens with one attached hydrogen (secondary N) is 1. The lowest BCUT2D eigenvalue weighted by atomic mass is 10.2. The smallest absolute Gasteiger partial charge is 0.345 e. The Hall–Kier alpha value is -2.06. The maximum absolute atomic E-state index is 12.8. The number of para-hydroxylation sites is 1. The van der Waals surface area contributed by atoms with Gasteiger partial charge in [0.15, 0.2) is 0 Å². The van der Waals surface area contributed by atoms with Gasteiger partial charge in [0.1, 0.15) is 12.2 Å². The van der Waals surface area contributed by atoms with Gasteiger partial charge in [0.05, 0.1) is 6.04 Å². The van der Waals surface area contributed by atoms with E-state index in [9.17, 15) is 18.0 Å². The lowest BCUT2D eigenvalue weighted by Crippen LogP contribution is -2.45. The zero-order chi connectivity index (χ0) is 16.3. The summed E-state index contributed by atoms with van der Waals surface area (Å²) >= 11 is 0. The normalized spacial score (nSPS) is 12.1. The zero-order valence-electron chi connectivity index (χ0n) is 11.7. The van der Waals surface area contributed by atoms with Crippen molar-refractivity contribution in [3.63, 3.8) is 0 Å². The van der Waals surface area contributed by atoms with E-state index in [1.54, 1.807) is 24.3 Å². The fourth-order valence-corrected chi connectivity index (χ4v) is 2.22. The van der Waals surface area contributed by atoms with Crippen LogP contribution in [-0.2, 0) is 6.54 Å². The van der Waals surface area contributed by atoms with E-state index >= 15 is 0 Å². The quantitative estimate of drug-likeness (QED) is 0.775. The van der Waals surface area contributed by atoms with Crippen molar-refractivity contribution in [2.75, 3.05) is 13.1 Å². The Morgan fingerprint density at radius 1 is 1.23 bits per heavy atom. The molecule has 0 fully saturated rings. The average molecular weight is 314 g/mol. The average Bonchev–Trinajstić information content (AvgIpc) is 2.82. The van der Waals surface area contributed by atoms with Crippen molar-refractivity contribution in [3.8, 4) is 0 Å². The largest absolute Gasteiger partial charge is 0.406 e. The summed E-state index contributed by atoms with van der Waals surface area (Å²) in [4.78, 5) is 12.2. The van der Waals surface area contributed by atoms with Gasteiger partial charge < -0.3 is 21.4 Å². The Bertz CT molecular complexity index is 662. The summed E-state index contributed by atoms with van der Waals surface area (Å²) in [7, 11) is 0. The number of alkyl halides is 3. The summed E-state index contributed by atoms with van der Waals surface area (Å²) in [5.41, 5.74) is 11.2. The molecule has 0 aliphatic rings. The molecular formula is C14H17F3N4O. The highest BCUT2D eigenvalue weighted by Gasteiger charge is 2.31. The van der Waals surface area contributed by atoms with E-state index in [4.69, 9.17) is 11.5 Å². The summed E-state index contributed by atoms with van der Waals surface area (Å²) in [6.45, 7) is -1.01. The second-order valence-electron chi connectivity index (χ2n) is 4.93. The number of fused-ring (bicyclic) bond motifs is 1. The molecule has 5 N–H and O–H groups in total. The number of carbonyl (C=O) groups excluding carboxylic acids is 1. The van der Waals surface area contributed by atoms with Crippen LogP contribution in [0, 0.1) is 0 Å². The minimum atomic E-state index is -4.43. The molecule has 0 bridgehead atoms. The molecule has 8 heteroatoms. The third kappa shape index (κ3) is 3.58. The van der Waals surface area contributed by atoms with Gasteiger partial charge >= 0.3 is 6.18 Å². The van der Waals surface area contributed by atoms with E-state index in [1.807, 2.05) is 0 Å². The molecule has 0 spiro atoms. The van der Waals surface area contributed by atoms with Gasteiger partial charge in [-0.15, -0.1) is 0 Å². The van der Waals surface area contributed by atoms with Crippen LogP contribution in [0.5, 0.6) is 0 Å². The molecule has 2 aromatic rings. The molecule has 0 aliphatic heterocycles. The van der Waals surface area contributed by atoms with Crippen LogP contribution in [0.1, 0.15) is 10.5 Å². The van der Waals surface area contributed by atoms with Gasteiger partial charge in [0, 0.05) is 24.0 Å². The topological polar surface area (TPSA) is 86.1 Å². The summed E-state index contributed by atoms with van der Waals surface area (Å²) < 4.78 is 39.3. The highest BCUT2D eigenvalue weighted by atomic mass is 19.4. The molecule has 5 nitrogen and oxygen atoms in total. The molecule has 0 aliphatic carbocycles. The molecule has 1 heterocycles. The number of rotatable bonds is 5. The highest BCUT2D eigenvalue weighted by Crippen LogP contribution is 2.25. The molecule has 22 heavy (non-hydrogen) atoms. The van der Waals surface area contributed by atoms with E-state index in [0.29, 0.717) is 10.9 Å². The third-order valence-electron chi connectivity index (χ3n) is 3.28. The van der Waals surface area contributed by atoms with Crippen molar-refractivity contribution in [2.24, 2.45) is 11.5 Å². The Morgan fingerprint density at radius 3 is 2.45 bits per heavy atom. The first kappa shape index (κ1) is 16.3. The molecule has 1 amide bonds. The first-order valence-corrected chi connectivity index (χ1v) is 6.71. The van der Waals surface area contributed by atoms with E-state index < -0.39 is 24.7 Å². The molecule has 0 saturated heterocycles. The van der Waals surface area contributed by atoms with E-state index in [1.165, 1.54) is 6.07 Å². The van der Waals surface area contributed by atoms with Crippen LogP contribution in [-0.4, -0.2) is 35.8 Å². The molecule has 0 radical (unpaired) electrons. The summed E-state index contributed by atoms with van der Waals surface area (Å²) in [6, 6.07) is 7.47. The first-order chi connectivity index (χ1) is 10.4. The van der Waals surface area contributed by atoms with Crippen molar-refractivity contribution in [2.45, 2.75) is 18.8 Å². The van der Waals surface area contributed by atoms with Crippen molar-refractivity contribution in [1.82, 2.24) is 9.88 Å². The number of hydrogen-bond acceptors (Lipinski definition) is 3. The van der Waals surface area contributed by atoms with Crippen LogP contribution >= 0.6 is 0 Å². The van der Waals surface area contributed by atoms with E-state index in [2.05, 4.69) is 5.32 Å². The van der Waals surface area contributed by atoms with Crippen molar-refractivity contribution >= 4 is 16.8 Å². The van der Waals surface area contributed by atoms with Gasteiger partial charge in [0.2, 0.25) is 0 Å². The van der Waals surface area contributed by atoms with Gasteiger partial charge in [-0.1, -0.05) is 18.2 Å². The molecule has 1 aromatic carbocycles. The number of carbonyl (C=O) groups is 1. The highest BCUT2D eigenvalue weighted by molar-refractivity contribution is 5.99. The maximum Gasteiger partial charge on any atom is 0.406 e. The minimum Gasteiger partial charge on any atom is -0.345 e. The van der Waals surface area contributed by atoms with Crippen molar-refractivity contribution in [1.29, 1.82) is 0 Å². The Morgan fingerprint density at radius 2 is 1.86 bits per heavy atom. The summed E-state index contributed by atoms with van der Waals surface area (Å²) in [5, 5.41) is 3.11. The molecular weight excluding hydrogens is 297 g/mol. The van der Waals surface area contributed by atoms with Crippen molar-refractivity contribution < 1.29 is 18.0 Å². The second kappa shape index (κ2) is 6.37. The monoisotopic (exact) mass is 314 g/mol. The van der Waals surface area contributed by atoms with E-state index in [-0.39, 0.29) is 18.8 Å². The Labute approximate surface area is 125 Å². The summed E-state index contributed by atoms with van der Waals surface area (Å²) in [6.07, 6.45) is -4.43. The van der Waals surface area contributed by atoms with Crippen LogP contribution in [0.15, 0.2) is 30.3 Å². The van der Waals surface area contributed by atoms with Crippen LogP contribution in [0.25, 0.3) is 10.9 Å². The van der Waals surface area contributed by atoms with Crippen molar-refractivity contribution in [3.05, 3.63) is 36.0 Å². The predicted octanol–water partition coefficient (Wildman–Crippen LogP) is 1.22. The summed E-state index contributed by atoms with van der Waals surface area (Å²) in [5.74, 6) is -0.624. The molecule has 0 atom stereocenters. The number of halogens is 3. The van der Waals surface area contributed by atoms with Gasteiger partial charge in [-0.3, -0.25) is 4.79 Å². The first-order valence-electron chi connectivity index (χ1n) is 6.71. The number of nitrogens with zero attached hydrogens (tertiary/aromatic N) is 1. The Balaban J connectivity index is 2.43. The number of hydrogen-bond donors (Lipinski definition) is 3. The van der Waals surface area contributed by atoms with Gasteiger partial charge in [-0.25, -0.2) is 0 Å². The lowest BCUT2D eigenvalue weighted by molar-refractivity contribution is -0.140. The fourth-order valence-electron chi connectivity index (χ4n) is 2.22. The number of benzene rings is 1. The van der Waals surface area contributed by atoms with Crippen LogP contribution in [0.4, 0.5) is 13.2 Å². The molecule has 1 aromatic heterocycles. The SMILES string of the molecule is NCC(CN)NC(=O)c1cc2ccccc2n1CC(F)(F)F. The second-order valence-corrected chi connectivity index (χ2v) is 4.93. The number of amides is 1. The van der Waals surface area contributed by atoms with Gasteiger partial charge in [-0.05, 0) is 12.1 Å². The van der Waals surface area contributed by atoms with Crippen LogP contribution in [0.3, 0.4) is 0 Å². The zero-order valence-corrected chi connectivity index (χ0v) is 11.7. The van der Waals surface area contributed by atoms with Gasteiger partial charge in [0.25, 0.3) is 5.91 Å². The van der Waals surface area contributed by atoms with Gasteiger partial charge in [-0.2, -0.15) is 13.2 Å². The molecule has 0 unspecified atom stereocenters.